The number of hydrogen-bond acceptors (Lipinski definition) is 1. The molecule has 1 aliphatic rings. The summed E-state index contributed by atoms with van der Waals surface area (Å²) in [4.78, 5) is 13.5. The second-order valence-corrected chi connectivity index (χ2v) is 4.26. The van der Waals surface area contributed by atoms with Gasteiger partial charge in [-0.2, -0.15) is 0 Å². The molecular formula is C15H17NO. The van der Waals surface area contributed by atoms with E-state index in [1.54, 1.807) is 11.1 Å². The predicted molar refractivity (Wildman–Crippen MR) is 70.1 cm³/mol. The lowest BCUT2D eigenvalue weighted by Crippen LogP contribution is -2.26. The number of benzene rings is 1. The summed E-state index contributed by atoms with van der Waals surface area (Å²) >= 11 is 0. The fourth-order valence-electron chi connectivity index (χ4n) is 1.69. The van der Waals surface area contributed by atoms with Crippen LogP contribution in [0.4, 0.5) is 0 Å². The van der Waals surface area contributed by atoms with Gasteiger partial charge in [0.1, 0.15) is 0 Å². The number of nitrogens with zero attached hydrogens (tertiary/aromatic N) is 1. The molecule has 0 atom stereocenters. The zero-order chi connectivity index (χ0) is 12.1. The molecule has 2 rings (SSSR count). The molecule has 1 aliphatic carbocycles. The Morgan fingerprint density at radius 2 is 2.06 bits per heavy atom. The van der Waals surface area contributed by atoms with Crippen LogP contribution in [0.25, 0.3) is 6.08 Å². The van der Waals surface area contributed by atoms with Gasteiger partial charge in [0.05, 0.1) is 0 Å². The number of rotatable bonds is 5. The fourth-order valence-corrected chi connectivity index (χ4v) is 1.69. The first-order valence-electron chi connectivity index (χ1n) is 5.96. The molecule has 0 saturated heterocycles. The Morgan fingerprint density at radius 1 is 1.35 bits per heavy atom. The Kier molecular flexibility index (Phi) is 3.76. The van der Waals surface area contributed by atoms with Crippen molar-refractivity contribution in [2.24, 2.45) is 5.92 Å². The summed E-state index contributed by atoms with van der Waals surface area (Å²) in [6.45, 7) is 4.29. The minimum absolute atomic E-state index is 0.206. The second kappa shape index (κ2) is 5.48. The van der Waals surface area contributed by atoms with Crippen LogP contribution in [0, 0.1) is 5.92 Å². The third kappa shape index (κ3) is 3.31. The van der Waals surface area contributed by atoms with E-state index in [9.17, 15) is 4.79 Å². The largest absolute Gasteiger partial charge is 0.316 e. The van der Waals surface area contributed by atoms with E-state index in [0.29, 0.717) is 6.54 Å². The summed E-state index contributed by atoms with van der Waals surface area (Å²) in [5, 5.41) is 0. The molecule has 1 aromatic carbocycles. The van der Waals surface area contributed by atoms with Gasteiger partial charge in [0, 0.05) is 12.5 Å². The number of amides is 1. The molecule has 0 spiro atoms. The van der Waals surface area contributed by atoms with Crippen LogP contribution in [0.2, 0.25) is 0 Å². The van der Waals surface area contributed by atoms with Crippen molar-refractivity contribution in [3.63, 3.8) is 0 Å². The average molecular weight is 227 g/mol. The van der Waals surface area contributed by atoms with E-state index in [1.807, 2.05) is 42.5 Å². The molecule has 1 fully saturated rings. The molecule has 0 aliphatic heterocycles. The molecule has 0 N–H and O–H groups in total. The third-order valence-electron chi connectivity index (χ3n) is 2.84. The van der Waals surface area contributed by atoms with Crippen molar-refractivity contribution in [3.05, 3.63) is 54.8 Å². The van der Waals surface area contributed by atoms with Crippen molar-refractivity contribution in [3.8, 4) is 0 Å². The Bertz CT molecular complexity index is 418. The van der Waals surface area contributed by atoms with E-state index in [2.05, 4.69) is 6.58 Å². The van der Waals surface area contributed by atoms with Crippen LogP contribution in [-0.2, 0) is 4.79 Å². The number of carbonyl (C=O) groups excluding carboxylic acids is 1. The molecule has 0 bridgehead atoms. The lowest BCUT2D eigenvalue weighted by molar-refractivity contribution is -0.129. The molecule has 2 heteroatoms. The van der Waals surface area contributed by atoms with Crippen molar-refractivity contribution in [2.75, 3.05) is 6.54 Å². The molecule has 0 heterocycles. The summed E-state index contributed by atoms with van der Waals surface area (Å²) in [6, 6.07) is 10.1. The highest BCUT2D eigenvalue weighted by Crippen LogP contribution is 2.31. The maximum atomic E-state index is 11.8. The normalized spacial score (nSPS) is 14.8. The van der Waals surface area contributed by atoms with Crippen molar-refractivity contribution in [2.45, 2.75) is 12.8 Å². The minimum Gasteiger partial charge on any atom is -0.316 e. The zero-order valence-corrected chi connectivity index (χ0v) is 9.88. The molecule has 1 saturated carbocycles. The minimum atomic E-state index is 0.206. The van der Waals surface area contributed by atoms with Gasteiger partial charge in [0.2, 0.25) is 5.91 Å². The Hall–Kier alpha value is -1.83. The van der Waals surface area contributed by atoms with Gasteiger partial charge in [-0.05, 0) is 24.6 Å². The number of hydrogen-bond donors (Lipinski definition) is 0. The maximum absolute atomic E-state index is 11.8. The van der Waals surface area contributed by atoms with Gasteiger partial charge >= 0.3 is 0 Å². The lowest BCUT2D eigenvalue weighted by Gasteiger charge is -2.15. The van der Waals surface area contributed by atoms with E-state index < -0.39 is 0 Å². The summed E-state index contributed by atoms with van der Waals surface area (Å²) in [7, 11) is 0. The van der Waals surface area contributed by atoms with Gasteiger partial charge < -0.3 is 4.90 Å². The van der Waals surface area contributed by atoms with Crippen LogP contribution < -0.4 is 0 Å². The van der Waals surface area contributed by atoms with Crippen LogP contribution in [0.1, 0.15) is 18.4 Å². The first-order valence-corrected chi connectivity index (χ1v) is 5.96. The average Bonchev–Trinajstić information content (AvgIpc) is 3.19. The van der Waals surface area contributed by atoms with Crippen molar-refractivity contribution in [1.82, 2.24) is 4.90 Å². The van der Waals surface area contributed by atoms with E-state index >= 15 is 0 Å². The van der Waals surface area contributed by atoms with Crippen LogP contribution in [0.5, 0.6) is 0 Å². The topological polar surface area (TPSA) is 20.3 Å². The van der Waals surface area contributed by atoms with E-state index in [0.717, 1.165) is 18.4 Å². The first kappa shape index (κ1) is 11.6. The highest BCUT2D eigenvalue weighted by molar-refractivity contribution is 5.82. The highest BCUT2D eigenvalue weighted by atomic mass is 16.2. The van der Waals surface area contributed by atoms with Gasteiger partial charge in [-0.15, -0.1) is 0 Å². The smallest absolute Gasteiger partial charge is 0.229 e. The molecule has 17 heavy (non-hydrogen) atoms. The zero-order valence-electron chi connectivity index (χ0n) is 9.88. The van der Waals surface area contributed by atoms with E-state index in [1.165, 1.54) is 0 Å². The molecule has 2 nitrogen and oxygen atoms in total. The van der Waals surface area contributed by atoms with Crippen molar-refractivity contribution in [1.29, 1.82) is 0 Å². The van der Waals surface area contributed by atoms with Gasteiger partial charge in [-0.25, -0.2) is 0 Å². The second-order valence-electron chi connectivity index (χ2n) is 4.26. The van der Waals surface area contributed by atoms with E-state index in [-0.39, 0.29) is 11.8 Å². The highest BCUT2D eigenvalue weighted by Gasteiger charge is 2.32. The van der Waals surface area contributed by atoms with Gasteiger partial charge in [-0.3, -0.25) is 4.79 Å². The van der Waals surface area contributed by atoms with Crippen LogP contribution in [-0.4, -0.2) is 17.4 Å². The monoisotopic (exact) mass is 227 g/mol. The molecule has 88 valence electrons. The standard InChI is InChI=1S/C15H17NO/c1-2-16(15(17)14-10-11-14)12-6-9-13-7-4-3-5-8-13/h2-9,14H,1,10-12H2/b9-6-. The Balaban J connectivity index is 1.89. The van der Waals surface area contributed by atoms with Crippen LogP contribution in [0.15, 0.2) is 49.2 Å². The Morgan fingerprint density at radius 3 is 2.65 bits per heavy atom. The summed E-state index contributed by atoms with van der Waals surface area (Å²) in [6.07, 6.45) is 7.71. The molecular weight excluding hydrogens is 210 g/mol. The summed E-state index contributed by atoms with van der Waals surface area (Å²) in [5.74, 6) is 0.454. The lowest BCUT2D eigenvalue weighted by atomic mass is 10.2. The molecule has 1 aromatic rings. The molecule has 0 radical (unpaired) electrons. The summed E-state index contributed by atoms with van der Waals surface area (Å²) < 4.78 is 0. The van der Waals surface area contributed by atoms with Crippen LogP contribution >= 0.6 is 0 Å². The summed E-state index contributed by atoms with van der Waals surface area (Å²) in [5.41, 5.74) is 1.15. The number of carbonyl (C=O) groups is 1. The van der Waals surface area contributed by atoms with Gasteiger partial charge in [0.25, 0.3) is 0 Å². The third-order valence-corrected chi connectivity index (χ3v) is 2.84. The fraction of sp³-hybridized carbons (Fsp3) is 0.267. The molecule has 0 unspecified atom stereocenters. The van der Waals surface area contributed by atoms with Gasteiger partial charge in [0.15, 0.2) is 0 Å². The molecule has 1 amide bonds. The maximum Gasteiger partial charge on any atom is 0.229 e. The van der Waals surface area contributed by atoms with Crippen molar-refractivity contribution < 1.29 is 4.79 Å². The quantitative estimate of drug-likeness (QED) is 0.757. The SMILES string of the molecule is C=CN(C/C=C\c1ccccc1)C(=O)C1CC1. The predicted octanol–water partition coefficient (Wildman–Crippen LogP) is 3.08. The molecule has 0 aromatic heterocycles. The Labute approximate surface area is 102 Å². The van der Waals surface area contributed by atoms with E-state index in [4.69, 9.17) is 0 Å². The first-order chi connectivity index (χ1) is 8.31. The van der Waals surface area contributed by atoms with Crippen LogP contribution in [0.3, 0.4) is 0 Å². The van der Waals surface area contributed by atoms with Crippen molar-refractivity contribution >= 4 is 12.0 Å². The van der Waals surface area contributed by atoms with Gasteiger partial charge in [-0.1, -0.05) is 49.1 Å².